The van der Waals surface area contributed by atoms with Crippen LogP contribution in [0.15, 0.2) is 46.9 Å². The Labute approximate surface area is 135 Å². The molecule has 0 saturated carbocycles. The predicted molar refractivity (Wildman–Crippen MR) is 88.8 cm³/mol. The van der Waals surface area contributed by atoms with E-state index in [-0.39, 0.29) is 28.6 Å². The molecule has 0 aliphatic rings. The Bertz CT molecular complexity index is 706. The summed E-state index contributed by atoms with van der Waals surface area (Å²) in [6.45, 7) is 0. The molecule has 0 unspecified atom stereocenters. The largest absolute Gasteiger partial charge is 0.389 e. The normalized spacial score (nSPS) is 10.2. The minimum atomic E-state index is -0.553. The second kappa shape index (κ2) is 6.78. The predicted octanol–water partition coefficient (Wildman–Crippen LogP) is 3.40. The van der Waals surface area contributed by atoms with E-state index in [0.717, 1.165) is 10.0 Å². The Balaban J connectivity index is 2.17. The van der Waals surface area contributed by atoms with Crippen molar-refractivity contribution in [2.75, 3.05) is 5.32 Å². The van der Waals surface area contributed by atoms with E-state index in [4.69, 9.17) is 18.0 Å². The van der Waals surface area contributed by atoms with Gasteiger partial charge in [-0.25, -0.2) is 4.39 Å². The molecule has 0 spiro atoms. The van der Waals surface area contributed by atoms with Crippen molar-refractivity contribution in [3.63, 3.8) is 0 Å². The van der Waals surface area contributed by atoms with Gasteiger partial charge >= 0.3 is 0 Å². The maximum absolute atomic E-state index is 13.7. The number of hydrogen-bond acceptors (Lipinski definition) is 2. The van der Waals surface area contributed by atoms with Crippen molar-refractivity contribution in [3.8, 4) is 0 Å². The van der Waals surface area contributed by atoms with E-state index in [9.17, 15) is 9.18 Å². The maximum Gasteiger partial charge on any atom is 0.228 e. The van der Waals surface area contributed by atoms with Crippen molar-refractivity contribution in [1.82, 2.24) is 0 Å². The summed E-state index contributed by atoms with van der Waals surface area (Å²) < 4.78 is 14.6. The fourth-order valence-corrected chi connectivity index (χ4v) is 2.56. The van der Waals surface area contributed by atoms with E-state index in [1.807, 2.05) is 24.3 Å². The lowest BCUT2D eigenvalue weighted by molar-refractivity contribution is -0.115. The molecule has 2 aromatic rings. The summed E-state index contributed by atoms with van der Waals surface area (Å²) in [7, 11) is 0. The van der Waals surface area contributed by atoms with Crippen molar-refractivity contribution >= 4 is 44.7 Å². The third-order valence-corrected chi connectivity index (χ3v) is 3.49. The quantitative estimate of drug-likeness (QED) is 0.815. The van der Waals surface area contributed by atoms with E-state index in [2.05, 4.69) is 21.2 Å². The zero-order valence-electron chi connectivity index (χ0n) is 10.9. The van der Waals surface area contributed by atoms with Gasteiger partial charge in [-0.1, -0.05) is 46.3 Å². The molecule has 0 aliphatic carbocycles. The molecule has 0 saturated heterocycles. The molecule has 2 rings (SSSR count). The number of halogens is 2. The lowest BCUT2D eigenvalue weighted by Crippen LogP contribution is -2.20. The molecule has 0 heterocycles. The van der Waals surface area contributed by atoms with Gasteiger partial charge in [0.05, 0.1) is 17.7 Å². The monoisotopic (exact) mass is 366 g/mol. The van der Waals surface area contributed by atoms with E-state index in [1.54, 1.807) is 6.07 Å². The second-order valence-corrected chi connectivity index (χ2v) is 5.74. The Kier molecular flexibility index (Phi) is 5.03. The molecule has 3 N–H and O–H groups in total. The van der Waals surface area contributed by atoms with Gasteiger partial charge in [-0.05, 0) is 29.8 Å². The van der Waals surface area contributed by atoms with Gasteiger partial charge in [0, 0.05) is 4.47 Å². The number of carbonyl (C=O) groups excluding carboxylic acids is 1. The summed E-state index contributed by atoms with van der Waals surface area (Å²) >= 11 is 8.16. The van der Waals surface area contributed by atoms with E-state index in [0.29, 0.717) is 0 Å². The van der Waals surface area contributed by atoms with Crippen LogP contribution in [0.2, 0.25) is 0 Å². The molecule has 0 aromatic heterocycles. The van der Waals surface area contributed by atoms with Gasteiger partial charge in [-0.15, -0.1) is 0 Å². The molecule has 3 nitrogen and oxygen atoms in total. The van der Waals surface area contributed by atoms with Gasteiger partial charge in [0.15, 0.2) is 0 Å². The number of thiocarbonyl (C=S) groups is 1. The lowest BCUT2D eigenvalue weighted by Gasteiger charge is -2.11. The number of carbonyl (C=O) groups is 1. The number of benzene rings is 2. The van der Waals surface area contributed by atoms with Crippen molar-refractivity contribution in [3.05, 3.63) is 63.9 Å². The number of amides is 1. The van der Waals surface area contributed by atoms with Crippen LogP contribution in [0.25, 0.3) is 0 Å². The van der Waals surface area contributed by atoms with Crippen molar-refractivity contribution in [2.45, 2.75) is 6.42 Å². The van der Waals surface area contributed by atoms with E-state index < -0.39 is 5.82 Å². The smallest absolute Gasteiger partial charge is 0.228 e. The van der Waals surface area contributed by atoms with Crippen LogP contribution in [0.1, 0.15) is 11.1 Å². The molecular formula is C15H12BrFN2OS. The molecule has 108 valence electrons. The summed E-state index contributed by atoms with van der Waals surface area (Å²) in [5.41, 5.74) is 6.67. The number of anilines is 1. The van der Waals surface area contributed by atoms with Crippen LogP contribution in [-0.2, 0) is 11.2 Å². The summed E-state index contributed by atoms with van der Waals surface area (Å²) in [5, 5.41) is 2.64. The fourth-order valence-electron chi connectivity index (χ4n) is 1.91. The van der Waals surface area contributed by atoms with Crippen LogP contribution in [0.5, 0.6) is 0 Å². The lowest BCUT2D eigenvalue weighted by atomic mass is 10.1. The Morgan fingerprint density at radius 2 is 2.00 bits per heavy atom. The number of rotatable bonds is 4. The molecule has 0 bridgehead atoms. The first-order valence-electron chi connectivity index (χ1n) is 6.10. The van der Waals surface area contributed by atoms with E-state index >= 15 is 0 Å². The SMILES string of the molecule is NC(=S)c1c(F)cccc1NC(=O)Cc1cccc(Br)c1. The highest BCUT2D eigenvalue weighted by Crippen LogP contribution is 2.19. The van der Waals surface area contributed by atoms with Crippen LogP contribution in [0, 0.1) is 5.82 Å². The molecule has 6 heteroatoms. The summed E-state index contributed by atoms with van der Waals surface area (Å²) in [4.78, 5) is 12.0. The highest BCUT2D eigenvalue weighted by atomic mass is 79.9. The van der Waals surface area contributed by atoms with Gasteiger partial charge in [0.1, 0.15) is 10.8 Å². The molecule has 0 aliphatic heterocycles. The summed E-state index contributed by atoms with van der Waals surface area (Å²) in [6, 6.07) is 11.7. The molecule has 1 amide bonds. The molecule has 0 atom stereocenters. The molecule has 0 fully saturated rings. The Morgan fingerprint density at radius 3 is 2.67 bits per heavy atom. The summed E-state index contributed by atoms with van der Waals surface area (Å²) in [5.74, 6) is -0.820. The minimum Gasteiger partial charge on any atom is -0.389 e. The van der Waals surface area contributed by atoms with Gasteiger partial charge in [0.2, 0.25) is 5.91 Å². The third kappa shape index (κ3) is 4.09. The molecule has 21 heavy (non-hydrogen) atoms. The summed E-state index contributed by atoms with van der Waals surface area (Å²) in [6.07, 6.45) is 0.173. The zero-order valence-corrected chi connectivity index (χ0v) is 13.3. The third-order valence-electron chi connectivity index (χ3n) is 2.79. The fraction of sp³-hybridized carbons (Fsp3) is 0.0667. The van der Waals surface area contributed by atoms with Crippen LogP contribution in [0.4, 0.5) is 10.1 Å². The number of nitrogens with two attached hydrogens (primary N) is 1. The van der Waals surface area contributed by atoms with E-state index in [1.165, 1.54) is 12.1 Å². The highest BCUT2D eigenvalue weighted by molar-refractivity contribution is 9.10. The molecule has 2 aromatic carbocycles. The highest BCUT2D eigenvalue weighted by Gasteiger charge is 2.13. The van der Waals surface area contributed by atoms with Crippen LogP contribution in [0.3, 0.4) is 0 Å². The Morgan fingerprint density at radius 1 is 1.29 bits per heavy atom. The number of nitrogens with one attached hydrogen (secondary N) is 1. The zero-order chi connectivity index (χ0) is 15.4. The average Bonchev–Trinajstić information content (AvgIpc) is 2.37. The van der Waals surface area contributed by atoms with Gasteiger partial charge in [0.25, 0.3) is 0 Å². The Hall–Kier alpha value is -1.79. The van der Waals surface area contributed by atoms with Crippen LogP contribution >= 0.6 is 28.1 Å². The second-order valence-electron chi connectivity index (χ2n) is 4.38. The number of hydrogen-bond donors (Lipinski definition) is 2. The van der Waals surface area contributed by atoms with Gasteiger partial charge in [-0.3, -0.25) is 4.79 Å². The van der Waals surface area contributed by atoms with Gasteiger partial charge < -0.3 is 11.1 Å². The van der Waals surface area contributed by atoms with Crippen molar-refractivity contribution < 1.29 is 9.18 Å². The first kappa shape index (κ1) is 15.6. The molecule has 0 radical (unpaired) electrons. The maximum atomic E-state index is 13.7. The van der Waals surface area contributed by atoms with Crippen molar-refractivity contribution in [2.24, 2.45) is 5.73 Å². The van der Waals surface area contributed by atoms with Crippen LogP contribution < -0.4 is 11.1 Å². The standard InChI is InChI=1S/C15H12BrFN2OS/c16-10-4-1-3-9(7-10)8-13(20)19-12-6-2-5-11(17)14(12)15(18)21/h1-7H,8H2,(H2,18,21)(H,19,20). The molecular weight excluding hydrogens is 355 g/mol. The topological polar surface area (TPSA) is 55.1 Å². The van der Waals surface area contributed by atoms with Gasteiger partial charge in [-0.2, -0.15) is 0 Å². The first-order valence-corrected chi connectivity index (χ1v) is 7.30. The average molecular weight is 367 g/mol. The minimum absolute atomic E-state index is 0.0510. The first-order chi connectivity index (χ1) is 9.97. The van der Waals surface area contributed by atoms with Crippen LogP contribution in [-0.4, -0.2) is 10.9 Å². The van der Waals surface area contributed by atoms with Crippen molar-refractivity contribution in [1.29, 1.82) is 0 Å².